The molecule has 1 unspecified atom stereocenters. The fourth-order valence-corrected chi connectivity index (χ4v) is 2.50. The molecule has 0 spiro atoms. The van der Waals surface area contributed by atoms with Crippen molar-refractivity contribution in [1.82, 2.24) is 4.90 Å². The molecule has 0 aliphatic carbocycles. The maximum atomic E-state index is 13.0. The minimum absolute atomic E-state index is 0.248. The third-order valence-electron chi connectivity index (χ3n) is 3.77. The average molecular weight is 315 g/mol. The van der Waals surface area contributed by atoms with Crippen LogP contribution in [-0.2, 0) is 16.1 Å². The molecular weight excluding hydrogens is 297 g/mol. The van der Waals surface area contributed by atoms with Crippen molar-refractivity contribution in [2.45, 2.75) is 12.7 Å². The summed E-state index contributed by atoms with van der Waals surface area (Å²) in [5.41, 5.74) is 1.80. The lowest BCUT2D eigenvalue weighted by Crippen LogP contribution is -2.42. The van der Waals surface area contributed by atoms with Crippen LogP contribution in [0.1, 0.15) is 17.2 Å². The third-order valence-corrected chi connectivity index (χ3v) is 3.77. The van der Waals surface area contributed by atoms with Gasteiger partial charge in [-0.1, -0.05) is 42.5 Å². The molecule has 0 bridgehead atoms. The van der Waals surface area contributed by atoms with E-state index in [-0.39, 0.29) is 24.6 Å². The molecule has 5 heteroatoms. The minimum atomic E-state index is -0.357. The highest BCUT2D eigenvalue weighted by Gasteiger charge is 2.26. The number of nitrogens with zero attached hydrogens (tertiary/aromatic N) is 1. The van der Waals surface area contributed by atoms with Crippen molar-refractivity contribution in [2.75, 3.05) is 19.7 Å². The summed E-state index contributed by atoms with van der Waals surface area (Å²) in [6.45, 7) is 1.57. The van der Waals surface area contributed by atoms with Gasteiger partial charge in [0.25, 0.3) is 0 Å². The molecule has 1 saturated heterocycles. The number of benzene rings is 2. The van der Waals surface area contributed by atoms with Gasteiger partial charge in [0.1, 0.15) is 18.5 Å². The Balaban J connectivity index is 1.57. The summed E-state index contributed by atoms with van der Waals surface area (Å²) in [4.78, 5) is 13.8. The first-order valence-corrected chi connectivity index (χ1v) is 7.55. The van der Waals surface area contributed by atoms with Gasteiger partial charge in [-0.15, -0.1) is 0 Å². The van der Waals surface area contributed by atoms with Crippen LogP contribution in [0.5, 0.6) is 0 Å². The van der Waals surface area contributed by atoms with E-state index in [1.165, 1.54) is 12.1 Å². The number of rotatable bonds is 3. The number of halogens is 1. The summed E-state index contributed by atoms with van der Waals surface area (Å²) in [5, 5.41) is 0. The summed E-state index contributed by atoms with van der Waals surface area (Å²) in [5.74, 6) is -0.288. The maximum Gasteiger partial charge on any atom is 0.410 e. The van der Waals surface area contributed by atoms with E-state index in [4.69, 9.17) is 9.47 Å². The quantitative estimate of drug-likeness (QED) is 0.869. The Labute approximate surface area is 134 Å². The lowest BCUT2D eigenvalue weighted by atomic mass is 10.1. The molecule has 0 radical (unpaired) electrons. The zero-order valence-corrected chi connectivity index (χ0v) is 12.7. The number of morpholine rings is 1. The molecule has 1 amide bonds. The van der Waals surface area contributed by atoms with Crippen LogP contribution in [0.2, 0.25) is 0 Å². The van der Waals surface area contributed by atoms with E-state index in [9.17, 15) is 9.18 Å². The highest BCUT2D eigenvalue weighted by atomic mass is 19.1. The zero-order chi connectivity index (χ0) is 16.1. The predicted molar refractivity (Wildman–Crippen MR) is 83.3 cm³/mol. The van der Waals surface area contributed by atoms with E-state index in [0.717, 1.165) is 11.1 Å². The second-order valence-electron chi connectivity index (χ2n) is 5.40. The Morgan fingerprint density at radius 1 is 1.17 bits per heavy atom. The Bertz CT molecular complexity index is 645. The van der Waals surface area contributed by atoms with Gasteiger partial charge in [0.2, 0.25) is 0 Å². The Hall–Kier alpha value is -2.40. The largest absolute Gasteiger partial charge is 0.445 e. The molecule has 0 N–H and O–H groups in total. The SMILES string of the molecule is O=C(OCc1ccccc1)N1CCOC(c2ccc(F)cc2)C1. The number of hydrogen-bond acceptors (Lipinski definition) is 3. The van der Waals surface area contributed by atoms with E-state index in [0.29, 0.717) is 19.7 Å². The molecule has 23 heavy (non-hydrogen) atoms. The average Bonchev–Trinajstić information content (AvgIpc) is 2.61. The number of carbonyl (C=O) groups is 1. The van der Waals surface area contributed by atoms with E-state index in [1.54, 1.807) is 17.0 Å². The molecule has 4 nitrogen and oxygen atoms in total. The van der Waals surface area contributed by atoms with Crippen LogP contribution >= 0.6 is 0 Å². The molecular formula is C18H18FNO3. The topological polar surface area (TPSA) is 38.8 Å². The van der Waals surface area contributed by atoms with Crippen LogP contribution in [0, 0.1) is 5.82 Å². The third kappa shape index (κ3) is 4.07. The zero-order valence-electron chi connectivity index (χ0n) is 12.7. The Morgan fingerprint density at radius 3 is 2.65 bits per heavy atom. The van der Waals surface area contributed by atoms with Gasteiger partial charge in [0, 0.05) is 6.54 Å². The summed E-state index contributed by atoms with van der Waals surface area (Å²) in [6, 6.07) is 15.7. The van der Waals surface area contributed by atoms with Crippen molar-refractivity contribution in [3.05, 3.63) is 71.5 Å². The van der Waals surface area contributed by atoms with Crippen molar-refractivity contribution >= 4 is 6.09 Å². The van der Waals surface area contributed by atoms with Gasteiger partial charge < -0.3 is 14.4 Å². The standard InChI is InChI=1S/C18H18FNO3/c19-16-8-6-15(7-9-16)17-12-20(10-11-22-17)18(21)23-13-14-4-2-1-3-5-14/h1-9,17H,10-13H2. The minimum Gasteiger partial charge on any atom is -0.445 e. The van der Waals surface area contributed by atoms with Gasteiger partial charge >= 0.3 is 6.09 Å². The van der Waals surface area contributed by atoms with Crippen molar-refractivity contribution in [3.63, 3.8) is 0 Å². The Morgan fingerprint density at radius 2 is 1.91 bits per heavy atom. The summed E-state index contributed by atoms with van der Waals surface area (Å²) < 4.78 is 24.0. The van der Waals surface area contributed by atoms with Crippen molar-refractivity contribution in [2.24, 2.45) is 0 Å². The number of hydrogen-bond donors (Lipinski definition) is 0. The molecule has 1 aliphatic heterocycles. The lowest BCUT2D eigenvalue weighted by Gasteiger charge is -2.32. The van der Waals surface area contributed by atoms with Crippen LogP contribution in [0.3, 0.4) is 0 Å². The number of ether oxygens (including phenoxy) is 2. The van der Waals surface area contributed by atoms with Crippen LogP contribution in [-0.4, -0.2) is 30.7 Å². The van der Waals surface area contributed by atoms with Crippen molar-refractivity contribution in [1.29, 1.82) is 0 Å². The number of carbonyl (C=O) groups excluding carboxylic acids is 1. The first-order chi connectivity index (χ1) is 11.2. The molecule has 2 aromatic carbocycles. The van der Waals surface area contributed by atoms with Crippen LogP contribution < -0.4 is 0 Å². The summed E-state index contributed by atoms with van der Waals surface area (Å²) in [6.07, 6.45) is -0.613. The maximum absolute atomic E-state index is 13.0. The van der Waals surface area contributed by atoms with Crippen LogP contribution in [0.4, 0.5) is 9.18 Å². The molecule has 120 valence electrons. The smallest absolute Gasteiger partial charge is 0.410 e. The fraction of sp³-hybridized carbons (Fsp3) is 0.278. The van der Waals surface area contributed by atoms with Crippen LogP contribution in [0.25, 0.3) is 0 Å². The molecule has 1 aliphatic rings. The van der Waals surface area contributed by atoms with Crippen molar-refractivity contribution < 1.29 is 18.7 Å². The van der Waals surface area contributed by atoms with Gasteiger partial charge in [-0.25, -0.2) is 9.18 Å². The van der Waals surface area contributed by atoms with Crippen LogP contribution in [0.15, 0.2) is 54.6 Å². The highest BCUT2D eigenvalue weighted by Crippen LogP contribution is 2.23. The molecule has 1 atom stereocenters. The number of amides is 1. The van der Waals surface area contributed by atoms with Gasteiger partial charge in [-0.05, 0) is 23.3 Å². The van der Waals surface area contributed by atoms with Gasteiger partial charge in [0.15, 0.2) is 0 Å². The molecule has 3 rings (SSSR count). The fourth-order valence-electron chi connectivity index (χ4n) is 2.50. The second kappa shape index (κ2) is 7.24. The molecule has 1 fully saturated rings. The Kier molecular flexibility index (Phi) is 4.88. The van der Waals surface area contributed by atoms with Gasteiger partial charge in [0.05, 0.1) is 13.2 Å². The van der Waals surface area contributed by atoms with E-state index < -0.39 is 0 Å². The first-order valence-electron chi connectivity index (χ1n) is 7.55. The first kappa shape index (κ1) is 15.5. The summed E-state index contributed by atoms with van der Waals surface area (Å²) in [7, 11) is 0. The molecule has 1 heterocycles. The monoisotopic (exact) mass is 315 g/mol. The lowest BCUT2D eigenvalue weighted by molar-refractivity contribution is -0.0296. The molecule has 0 aromatic heterocycles. The predicted octanol–water partition coefficient (Wildman–Crippen LogP) is 3.54. The van der Waals surface area contributed by atoms with Gasteiger partial charge in [-0.3, -0.25) is 0 Å². The van der Waals surface area contributed by atoms with Gasteiger partial charge in [-0.2, -0.15) is 0 Å². The van der Waals surface area contributed by atoms with Crippen molar-refractivity contribution in [3.8, 4) is 0 Å². The van der Waals surface area contributed by atoms with E-state index in [1.807, 2.05) is 30.3 Å². The van der Waals surface area contributed by atoms with E-state index in [2.05, 4.69) is 0 Å². The molecule has 2 aromatic rings. The van der Waals surface area contributed by atoms with E-state index >= 15 is 0 Å². The highest BCUT2D eigenvalue weighted by molar-refractivity contribution is 5.67. The summed E-state index contributed by atoms with van der Waals surface area (Å²) >= 11 is 0. The normalized spacial score (nSPS) is 17.8. The molecule has 0 saturated carbocycles. The second-order valence-corrected chi connectivity index (χ2v) is 5.40.